The highest BCUT2D eigenvalue weighted by molar-refractivity contribution is 6.07. The first kappa shape index (κ1) is 19.4. The fraction of sp³-hybridized carbons (Fsp3) is 0.182. The Morgan fingerprint density at radius 3 is 2.43 bits per heavy atom. The number of ether oxygens (including phenoxy) is 5. The second kappa shape index (κ2) is 8.20. The molecule has 0 fully saturated rings. The van der Waals surface area contributed by atoms with E-state index in [4.69, 9.17) is 23.7 Å². The average Bonchev–Trinajstić information content (AvgIpc) is 3.45. The predicted molar refractivity (Wildman–Crippen MR) is 110 cm³/mol. The lowest BCUT2D eigenvalue weighted by Crippen LogP contribution is -2.00. The first-order valence-electron chi connectivity index (χ1n) is 9.10. The number of allylic oxidation sites excluding steroid dienone is 1. The molecule has 0 bridgehead atoms. The van der Waals surface area contributed by atoms with E-state index in [9.17, 15) is 4.79 Å². The van der Waals surface area contributed by atoms with Crippen molar-refractivity contribution >= 4 is 11.9 Å². The highest BCUT2D eigenvalue weighted by atomic mass is 16.7. The van der Waals surface area contributed by atoms with Crippen LogP contribution in [0.15, 0.2) is 42.5 Å². The van der Waals surface area contributed by atoms with Gasteiger partial charge in [0.15, 0.2) is 28.8 Å². The molecule has 1 aliphatic rings. The van der Waals surface area contributed by atoms with Crippen LogP contribution >= 0.6 is 0 Å². The van der Waals surface area contributed by atoms with Gasteiger partial charge in [-0.15, -0.1) is 0 Å². The first-order chi connectivity index (χ1) is 14.6. The SMILES string of the molecule is COc1cc(C(=O)C=Cc2cc(-c3ccc4c(c3)OCO4)n[nH]2)cc(OC)c1OC. The number of carbonyl (C=O) groups excluding carboxylic acids is 1. The van der Waals surface area contributed by atoms with Gasteiger partial charge in [-0.3, -0.25) is 9.89 Å². The normalized spacial score (nSPS) is 12.2. The largest absolute Gasteiger partial charge is 0.493 e. The number of aromatic amines is 1. The number of hydrogen-bond donors (Lipinski definition) is 1. The fourth-order valence-corrected chi connectivity index (χ4v) is 3.11. The van der Waals surface area contributed by atoms with Crippen molar-refractivity contribution in [2.75, 3.05) is 28.1 Å². The Kier molecular flexibility index (Phi) is 5.30. The van der Waals surface area contributed by atoms with Crippen molar-refractivity contribution in [2.45, 2.75) is 0 Å². The second-order valence-corrected chi connectivity index (χ2v) is 6.39. The Labute approximate surface area is 173 Å². The number of fused-ring (bicyclic) bond motifs is 1. The summed E-state index contributed by atoms with van der Waals surface area (Å²) >= 11 is 0. The lowest BCUT2D eigenvalue weighted by Gasteiger charge is -2.13. The molecular formula is C22H20N2O6. The zero-order valence-corrected chi connectivity index (χ0v) is 16.7. The summed E-state index contributed by atoms with van der Waals surface area (Å²) in [6, 6.07) is 10.7. The Morgan fingerprint density at radius 2 is 1.73 bits per heavy atom. The molecule has 0 atom stereocenters. The van der Waals surface area contributed by atoms with E-state index in [1.54, 1.807) is 18.2 Å². The molecule has 1 aromatic heterocycles. The van der Waals surface area contributed by atoms with E-state index in [2.05, 4.69) is 10.2 Å². The number of aromatic nitrogens is 2. The molecule has 30 heavy (non-hydrogen) atoms. The van der Waals surface area contributed by atoms with Gasteiger partial charge in [-0.05, 0) is 48.6 Å². The van der Waals surface area contributed by atoms with E-state index in [0.29, 0.717) is 40.0 Å². The molecule has 8 nitrogen and oxygen atoms in total. The maximum absolute atomic E-state index is 12.7. The monoisotopic (exact) mass is 408 g/mol. The van der Waals surface area contributed by atoms with Crippen LogP contribution < -0.4 is 23.7 Å². The van der Waals surface area contributed by atoms with E-state index >= 15 is 0 Å². The van der Waals surface area contributed by atoms with Crippen molar-refractivity contribution in [3.63, 3.8) is 0 Å². The molecule has 0 spiro atoms. The molecule has 2 heterocycles. The topological polar surface area (TPSA) is 91.9 Å². The molecular weight excluding hydrogens is 388 g/mol. The van der Waals surface area contributed by atoms with Crippen molar-refractivity contribution in [2.24, 2.45) is 0 Å². The summed E-state index contributed by atoms with van der Waals surface area (Å²) in [6.45, 7) is 0.219. The molecule has 0 amide bonds. The fourth-order valence-electron chi connectivity index (χ4n) is 3.11. The molecule has 0 aliphatic carbocycles. The standard InChI is InChI=1S/C22H20N2O6/c1-26-20-9-14(10-21(27-2)22(20)28-3)17(25)6-5-15-11-16(24-23-15)13-4-7-18-19(8-13)30-12-29-18/h4-11H,12H2,1-3H3,(H,23,24). The second-order valence-electron chi connectivity index (χ2n) is 6.39. The van der Waals surface area contributed by atoms with Crippen LogP contribution in [0, 0.1) is 0 Å². The van der Waals surface area contributed by atoms with E-state index in [-0.39, 0.29) is 12.6 Å². The highest BCUT2D eigenvalue weighted by Crippen LogP contribution is 2.38. The minimum atomic E-state index is -0.214. The minimum absolute atomic E-state index is 0.214. The number of hydrogen-bond acceptors (Lipinski definition) is 7. The van der Waals surface area contributed by atoms with Crippen molar-refractivity contribution in [3.05, 3.63) is 53.7 Å². The summed E-state index contributed by atoms with van der Waals surface area (Å²) in [5.74, 6) is 2.45. The van der Waals surface area contributed by atoms with Crippen LogP contribution in [-0.4, -0.2) is 44.1 Å². The van der Waals surface area contributed by atoms with Crippen LogP contribution in [0.5, 0.6) is 28.7 Å². The third-order valence-corrected chi connectivity index (χ3v) is 4.63. The maximum Gasteiger partial charge on any atom is 0.231 e. The molecule has 0 saturated carbocycles. The third kappa shape index (κ3) is 3.67. The Hall–Kier alpha value is -3.94. The average molecular weight is 408 g/mol. The molecule has 0 radical (unpaired) electrons. The summed E-state index contributed by atoms with van der Waals surface area (Å²) in [5.41, 5.74) is 2.71. The zero-order chi connectivity index (χ0) is 21.1. The van der Waals surface area contributed by atoms with E-state index in [1.165, 1.54) is 27.4 Å². The highest BCUT2D eigenvalue weighted by Gasteiger charge is 2.17. The Bertz CT molecular complexity index is 1090. The molecule has 1 N–H and O–H groups in total. The summed E-state index contributed by atoms with van der Waals surface area (Å²) in [4.78, 5) is 12.7. The number of benzene rings is 2. The van der Waals surface area contributed by atoms with Gasteiger partial charge < -0.3 is 23.7 Å². The first-order valence-corrected chi connectivity index (χ1v) is 9.10. The molecule has 154 valence electrons. The molecule has 3 aromatic rings. The van der Waals surface area contributed by atoms with E-state index in [1.807, 2.05) is 24.3 Å². The summed E-state index contributed by atoms with van der Waals surface area (Å²) in [5, 5.41) is 7.21. The van der Waals surface area contributed by atoms with Crippen LogP contribution in [0.1, 0.15) is 16.1 Å². The Balaban J connectivity index is 1.54. The lowest BCUT2D eigenvalue weighted by atomic mass is 10.1. The van der Waals surface area contributed by atoms with Crippen LogP contribution in [0.25, 0.3) is 17.3 Å². The van der Waals surface area contributed by atoms with Gasteiger partial charge in [0.1, 0.15) is 0 Å². The smallest absolute Gasteiger partial charge is 0.231 e. The van der Waals surface area contributed by atoms with Gasteiger partial charge in [0.2, 0.25) is 12.5 Å². The molecule has 8 heteroatoms. The number of nitrogens with one attached hydrogen (secondary N) is 1. The van der Waals surface area contributed by atoms with Gasteiger partial charge in [-0.25, -0.2) is 0 Å². The summed E-state index contributed by atoms with van der Waals surface area (Å²) in [6.07, 6.45) is 3.12. The number of ketones is 1. The van der Waals surface area contributed by atoms with Crippen LogP contribution in [0.4, 0.5) is 0 Å². The van der Waals surface area contributed by atoms with E-state index < -0.39 is 0 Å². The zero-order valence-electron chi connectivity index (χ0n) is 16.7. The molecule has 2 aromatic carbocycles. The van der Waals surface area contributed by atoms with Crippen LogP contribution in [0.3, 0.4) is 0 Å². The molecule has 0 unspecified atom stereocenters. The minimum Gasteiger partial charge on any atom is -0.493 e. The number of H-pyrrole nitrogens is 1. The van der Waals surface area contributed by atoms with Gasteiger partial charge in [0.25, 0.3) is 0 Å². The number of carbonyl (C=O) groups is 1. The predicted octanol–water partition coefficient (Wildman–Crippen LogP) is 3.73. The lowest BCUT2D eigenvalue weighted by molar-refractivity contribution is 0.104. The van der Waals surface area contributed by atoms with Gasteiger partial charge >= 0.3 is 0 Å². The van der Waals surface area contributed by atoms with Gasteiger partial charge in [0, 0.05) is 11.1 Å². The molecule has 1 aliphatic heterocycles. The maximum atomic E-state index is 12.7. The van der Waals surface area contributed by atoms with Crippen molar-refractivity contribution in [3.8, 4) is 40.0 Å². The third-order valence-electron chi connectivity index (χ3n) is 4.63. The molecule has 4 rings (SSSR count). The Morgan fingerprint density at radius 1 is 1.00 bits per heavy atom. The van der Waals surface area contributed by atoms with Crippen molar-refractivity contribution in [1.29, 1.82) is 0 Å². The van der Waals surface area contributed by atoms with Gasteiger partial charge in [0.05, 0.1) is 32.7 Å². The van der Waals surface area contributed by atoms with E-state index in [0.717, 1.165) is 11.3 Å². The van der Waals surface area contributed by atoms with Gasteiger partial charge in [-0.2, -0.15) is 5.10 Å². The quantitative estimate of drug-likeness (QED) is 0.470. The van der Waals surface area contributed by atoms with Crippen LogP contribution in [-0.2, 0) is 0 Å². The number of methoxy groups -OCH3 is 3. The van der Waals surface area contributed by atoms with Crippen molar-refractivity contribution in [1.82, 2.24) is 10.2 Å². The van der Waals surface area contributed by atoms with Crippen LogP contribution in [0.2, 0.25) is 0 Å². The summed E-state index contributed by atoms with van der Waals surface area (Å²) < 4.78 is 26.6. The van der Waals surface area contributed by atoms with Crippen molar-refractivity contribution < 1.29 is 28.5 Å². The van der Waals surface area contributed by atoms with Gasteiger partial charge in [-0.1, -0.05) is 0 Å². The number of rotatable bonds is 7. The summed E-state index contributed by atoms with van der Waals surface area (Å²) in [7, 11) is 4.52. The number of nitrogens with zero attached hydrogens (tertiary/aromatic N) is 1. The molecule has 0 saturated heterocycles.